The largest absolute Gasteiger partial charge is 0.446 e. The Kier molecular flexibility index (Phi) is 6.26. The number of nitrogens with zero attached hydrogens (tertiary/aromatic N) is 5. The maximum Gasteiger partial charge on any atom is 0.417 e. The molecule has 0 radical (unpaired) electrons. The van der Waals surface area contributed by atoms with Crippen molar-refractivity contribution in [1.29, 1.82) is 0 Å². The minimum absolute atomic E-state index is 0.0445. The van der Waals surface area contributed by atoms with E-state index < -0.39 is 11.7 Å². The molecule has 38 heavy (non-hydrogen) atoms. The molecule has 0 bridgehead atoms. The first-order valence-corrected chi connectivity index (χ1v) is 13.7. The van der Waals surface area contributed by atoms with Crippen molar-refractivity contribution in [2.75, 3.05) is 31.1 Å². The van der Waals surface area contributed by atoms with E-state index in [2.05, 4.69) is 39.1 Å². The van der Waals surface area contributed by atoms with Crippen LogP contribution in [-0.2, 0) is 17.5 Å². The number of ether oxygens (including phenoxy) is 1. The van der Waals surface area contributed by atoms with Crippen molar-refractivity contribution < 1.29 is 22.7 Å². The Bertz CT molecular complexity index is 1310. The highest BCUT2D eigenvalue weighted by atomic mass is 32.1. The van der Waals surface area contributed by atoms with Crippen molar-refractivity contribution in [1.82, 2.24) is 19.8 Å². The molecule has 11 heteroatoms. The number of thiazole rings is 1. The molecule has 0 unspecified atom stereocenters. The van der Waals surface area contributed by atoms with E-state index in [1.165, 1.54) is 16.9 Å². The predicted octanol–water partition coefficient (Wildman–Crippen LogP) is 5.41. The molecule has 4 heterocycles. The monoisotopic (exact) mass is 545 g/mol. The number of piperazine rings is 1. The second kappa shape index (κ2) is 9.37. The van der Waals surface area contributed by atoms with Gasteiger partial charge in [0.15, 0.2) is 10.8 Å². The van der Waals surface area contributed by atoms with Crippen LogP contribution in [0.2, 0.25) is 0 Å². The fourth-order valence-corrected chi connectivity index (χ4v) is 7.23. The van der Waals surface area contributed by atoms with Gasteiger partial charge in [0.25, 0.3) is 0 Å². The number of pyridine rings is 1. The number of benzene rings is 1. The van der Waals surface area contributed by atoms with Crippen molar-refractivity contribution >= 4 is 32.9 Å². The summed E-state index contributed by atoms with van der Waals surface area (Å²) in [5.74, 6) is 0. The number of rotatable bonds is 4. The Morgan fingerprint density at radius 3 is 2.47 bits per heavy atom. The third kappa shape index (κ3) is 4.82. The third-order valence-corrected chi connectivity index (χ3v) is 8.97. The average Bonchev–Trinajstić information content (AvgIpc) is 3.24. The van der Waals surface area contributed by atoms with E-state index in [0.29, 0.717) is 28.6 Å². The van der Waals surface area contributed by atoms with Crippen LogP contribution in [0.3, 0.4) is 0 Å². The lowest BCUT2D eigenvalue weighted by Gasteiger charge is -2.58. The number of alkyl halides is 3. The maximum absolute atomic E-state index is 13.1. The Labute approximate surface area is 223 Å². The SMILES string of the molecule is C[C@@H]1CN(c2nc3ncc(C(F)(F)F)cc3s2)C[C@H](C)N1C(=O)OC1CC2(C1)CN(Cc1ccccc1)C2. The zero-order valence-corrected chi connectivity index (χ0v) is 22.1. The van der Waals surface area contributed by atoms with Crippen LogP contribution >= 0.6 is 11.3 Å². The zero-order chi connectivity index (χ0) is 26.7. The van der Waals surface area contributed by atoms with Crippen molar-refractivity contribution in [3.63, 3.8) is 0 Å². The Morgan fingerprint density at radius 1 is 1.13 bits per heavy atom. The van der Waals surface area contributed by atoms with Gasteiger partial charge >= 0.3 is 12.3 Å². The number of anilines is 1. The molecule has 3 aromatic rings. The fraction of sp³-hybridized carbons (Fsp3) is 0.519. The summed E-state index contributed by atoms with van der Waals surface area (Å²) in [4.78, 5) is 27.7. The standard InChI is InChI=1S/C27H30F3N5O2S/c1-17-12-34(24-32-23-22(38-24)8-20(11-31-23)27(28,29)30)13-18(2)35(17)25(36)37-21-9-26(10-21)15-33(16-26)14-19-6-4-3-5-7-19/h3-8,11,17-18,21H,9-10,12-16H2,1-2H3/t17-,18+. The minimum atomic E-state index is -4.44. The molecule has 1 aromatic carbocycles. The van der Waals surface area contributed by atoms with Crippen molar-refractivity contribution in [2.45, 2.75) is 57.6 Å². The number of halogens is 3. The van der Waals surface area contributed by atoms with Gasteiger partial charge in [-0.2, -0.15) is 18.2 Å². The first-order valence-electron chi connectivity index (χ1n) is 12.9. The van der Waals surface area contributed by atoms with Gasteiger partial charge < -0.3 is 9.64 Å². The molecule has 3 aliphatic rings. The average molecular weight is 546 g/mol. The summed E-state index contributed by atoms with van der Waals surface area (Å²) in [5.41, 5.74) is 1.12. The molecular formula is C27H30F3N5O2S. The Hall–Kier alpha value is -2.92. The fourth-order valence-electron chi connectivity index (χ4n) is 6.24. The lowest BCUT2D eigenvalue weighted by Crippen LogP contribution is -2.64. The molecule has 1 amide bonds. The van der Waals surface area contributed by atoms with Gasteiger partial charge in [-0.15, -0.1) is 0 Å². The molecule has 1 saturated carbocycles. The highest BCUT2D eigenvalue weighted by molar-refractivity contribution is 7.22. The van der Waals surface area contributed by atoms with E-state index >= 15 is 0 Å². The summed E-state index contributed by atoms with van der Waals surface area (Å²) in [7, 11) is 0. The van der Waals surface area contributed by atoms with E-state index in [4.69, 9.17) is 4.74 Å². The molecule has 1 spiro atoms. The maximum atomic E-state index is 13.1. The first kappa shape index (κ1) is 25.4. The van der Waals surface area contributed by atoms with Crippen LogP contribution in [0.15, 0.2) is 42.6 Å². The number of hydrogen-bond acceptors (Lipinski definition) is 7. The zero-order valence-electron chi connectivity index (χ0n) is 21.3. The molecule has 6 rings (SSSR count). The van der Waals surface area contributed by atoms with Crippen LogP contribution in [0.25, 0.3) is 10.3 Å². The summed E-state index contributed by atoms with van der Waals surface area (Å²) >= 11 is 1.19. The molecule has 3 fully saturated rings. The van der Waals surface area contributed by atoms with Crippen molar-refractivity contribution in [3.8, 4) is 0 Å². The topological polar surface area (TPSA) is 61.8 Å². The van der Waals surface area contributed by atoms with Gasteiger partial charge in [0.2, 0.25) is 0 Å². The van der Waals surface area contributed by atoms with Gasteiger partial charge in [0, 0.05) is 44.3 Å². The van der Waals surface area contributed by atoms with Crippen LogP contribution in [-0.4, -0.2) is 70.2 Å². The Morgan fingerprint density at radius 2 is 1.82 bits per heavy atom. The van der Waals surface area contributed by atoms with E-state index in [-0.39, 0.29) is 29.7 Å². The summed E-state index contributed by atoms with van der Waals surface area (Å²) in [5, 5.41) is 0.615. The number of amides is 1. The minimum Gasteiger partial charge on any atom is -0.446 e. The summed E-state index contributed by atoms with van der Waals surface area (Å²) in [6.07, 6.45) is -2.14. The lowest BCUT2D eigenvalue weighted by atomic mass is 9.61. The van der Waals surface area contributed by atoms with Gasteiger partial charge in [-0.3, -0.25) is 9.80 Å². The highest BCUT2D eigenvalue weighted by Crippen LogP contribution is 2.50. The third-order valence-electron chi connectivity index (χ3n) is 7.92. The number of hydrogen-bond donors (Lipinski definition) is 0. The number of carbonyl (C=O) groups is 1. The quantitative estimate of drug-likeness (QED) is 0.437. The van der Waals surface area contributed by atoms with Crippen LogP contribution in [0.5, 0.6) is 0 Å². The lowest BCUT2D eigenvalue weighted by molar-refractivity contribution is -0.138. The highest BCUT2D eigenvalue weighted by Gasteiger charge is 2.54. The normalized spacial score (nSPS) is 23.9. The Balaban J connectivity index is 1.02. The molecule has 1 aliphatic carbocycles. The van der Waals surface area contributed by atoms with E-state index in [9.17, 15) is 18.0 Å². The summed E-state index contributed by atoms with van der Waals surface area (Å²) in [6, 6.07) is 11.3. The smallest absolute Gasteiger partial charge is 0.417 e. The van der Waals surface area contributed by atoms with Gasteiger partial charge in [-0.1, -0.05) is 41.7 Å². The molecule has 2 atom stereocenters. The van der Waals surface area contributed by atoms with Crippen LogP contribution in [0.4, 0.5) is 23.1 Å². The van der Waals surface area contributed by atoms with Crippen molar-refractivity contribution in [2.24, 2.45) is 5.41 Å². The summed E-state index contributed by atoms with van der Waals surface area (Å²) in [6.45, 7) is 8.02. The molecule has 0 N–H and O–H groups in total. The second-order valence-corrected chi connectivity index (χ2v) is 12.1. The molecule has 2 aromatic heterocycles. The van der Waals surface area contributed by atoms with Gasteiger partial charge in [-0.25, -0.2) is 9.78 Å². The van der Waals surface area contributed by atoms with Crippen LogP contribution in [0, 0.1) is 5.41 Å². The van der Waals surface area contributed by atoms with Crippen molar-refractivity contribution in [3.05, 3.63) is 53.7 Å². The molecule has 7 nitrogen and oxygen atoms in total. The van der Waals surface area contributed by atoms with E-state index in [1.807, 2.05) is 24.8 Å². The number of fused-ring (bicyclic) bond motifs is 1. The predicted molar refractivity (Wildman–Crippen MR) is 139 cm³/mol. The molecule has 2 aliphatic heterocycles. The van der Waals surface area contributed by atoms with Gasteiger partial charge in [-0.05, 0) is 38.3 Å². The first-order chi connectivity index (χ1) is 18.1. The summed E-state index contributed by atoms with van der Waals surface area (Å²) < 4.78 is 45.5. The van der Waals surface area contributed by atoms with Crippen LogP contribution < -0.4 is 4.90 Å². The van der Waals surface area contributed by atoms with Crippen LogP contribution in [0.1, 0.15) is 37.8 Å². The molecule has 202 valence electrons. The second-order valence-electron chi connectivity index (χ2n) is 11.1. The van der Waals surface area contributed by atoms with E-state index in [0.717, 1.165) is 44.7 Å². The van der Waals surface area contributed by atoms with E-state index in [1.54, 1.807) is 4.90 Å². The number of carbonyl (C=O) groups excluding carboxylic acids is 1. The molecule has 2 saturated heterocycles. The molecular weight excluding hydrogens is 515 g/mol. The number of aromatic nitrogens is 2. The van der Waals surface area contributed by atoms with Gasteiger partial charge in [0.1, 0.15) is 6.10 Å². The van der Waals surface area contributed by atoms with Gasteiger partial charge in [0.05, 0.1) is 22.3 Å². The number of likely N-dealkylation sites (tertiary alicyclic amines) is 1.